The maximum atomic E-state index is 13.9. The Kier molecular flexibility index (Phi) is 6.46. The van der Waals surface area contributed by atoms with Crippen molar-refractivity contribution in [2.45, 2.75) is 25.5 Å². The molecule has 0 bridgehead atoms. The summed E-state index contributed by atoms with van der Waals surface area (Å²) in [5.41, 5.74) is 7.68. The van der Waals surface area contributed by atoms with Gasteiger partial charge in [0.25, 0.3) is 5.56 Å². The molecule has 1 aliphatic carbocycles. The van der Waals surface area contributed by atoms with Crippen LogP contribution in [0.4, 0.5) is 0 Å². The number of fused-ring (bicyclic) bond motifs is 3. The minimum atomic E-state index is -0.163. The van der Waals surface area contributed by atoms with Crippen LogP contribution in [0.25, 0.3) is 11.8 Å². The monoisotopic (exact) mass is 560 g/mol. The van der Waals surface area contributed by atoms with Gasteiger partial charge in [0.2, 0.25) is 0 Å². The van der Waals surface area contributed by atoms with Gasteiger partial charge in [-0.1, -0.05) is 108 Å². The van der Waals surface area contributed by atoms with Gasteiger partial charge >= 0.3 is 0 Å². The van der Waals surface area contributed by atoms with Gasteiger partial charge in [0.1, 0.15) is 12.4 Å². The van der Waals surface area contributed by atoms with Crippen LogP contribution < -0.4 is 19.6 Å². The number of aromatic nitrogens is 1. The summed E-state index contributed by atoms with van der Waals surface area (Å²) in [5, 5.41) is 0.688. The van der Waals surface area contributed by atoms with Crippen LogP contribution in [0.1, 0.15) is 40.3 Å². The molecule has 0 radical (unpaired) electrons. The summed E-state index contributed by atoms with van der Waals surface area (Å²) in [4.78, 5) is 19.7. The number of benzene rings is 4. The van der Waals surface area contributed by atoms with Gasteiger partial charge in [0, 0.05) is 16.1 Å². The molecule has 6 heteroatoms. The molecule has 0 amide bonds. The van der Waals surface area contributed by atoms with Gasteiger partial charge in [-0.2, -0.15) is 0 Å². The third-order valence-corrected chi connectivity index (χ3v) is 8.87. The highest BCUT2D eigenvalue weighted by Crippen LogP contribution is 2.41. The Morgan fingerprint density at radius 2 is 1.65 bits per heavy atom. The van der Waals surface area contributed by atoms with Crippen molar-refractivity contribution >= 4 is 34.7 Å². The van der Waals surface area contributed by atoms with Crippen molar-refractivity contribution in [2.24, 2.45) is 4.99 Å². The standard InChI is InChI=1S/C34H25ClN2O2S/c35-29-13-7-5-11-25(29)21-39-26-17-14-22(15-18-26)20-30-33(38)37-32(24-9-2-1-3-10-24)28-19-16-23-8-4-6-12-27(23)31(28)36-34(37)40-30/h1-15,17-18,20,32H,16,19,21H2/b30-20+/t32-/m0/s1. The number of hydrogen-bond acceptors (Lipinski definition) is 4. The molecule has 0 fully saturated rings. The third kappa shape index (κ3) is 4.51. The summed E-state index contributed by atoms with van der Waals surface area (Å²) in [5.74, 6) is 0.744. The summed E-state index contributed by atoms with van der Waals surface area (Å²) in [6.07, 6.45) is 3.78. The fourth-order valence-electron chi connectivity index (χ4n) is 5.55. The van der Waals surface area contributed by atoms with E-state index in [-0.39, 0.29) is 11.6 Å². The number of hydrogen-bond donors (Lipinski definition) is 0. The molecule has 2 heterocycles. The second-order valence-corrected chi connectivity index (χ2v) is 11.4. The Hall–Kier alpha value is -4.19. The predicted molar refractivity (Wildman–Crippen MR) is 161 cm³/mol. The van der Waals surface area contributed by atoms with Crippen molar-refractivity contribution in [3.05, 3.63) is 161 Å². The first kappa shape index (κ1) is 24.8. The average Bonchev–Trinajstić information content (AvgIpc) is 3.30. The molecular weight excluding hydrogens is 536 g/mol. The van der Waals surface area contributed by atoms with Gasteiger partial charge in [-0.3, -0.25) is 9.36 Å². The number of allylic oxidation sites excluding steroid dienone is 1. The summed E-state index contributed by atoms with van der Waals surface area (Å²) in [6.45, 7) is 0.394. The molecular formula is C34H25ClN2O2S. The largest absolute Gasteiger partial charge is 0.489 e. The molecule has 196 valence electrons. The van der Waals surface area contributed by atoms with Crippen LogP contribution in [-0.4, -0.2) is 4.57 Å². The lowest BCUT2D eigenvalue weighted by molar-refractivity contribution is 0.306. The van der Waals surface area contributed by atoms with E-state index in [9.17, 15) is 4.79 Å². The number of ether oxygens (including phenoxy) is 1. The molecule has 0 saturated carbocycles. The fourth-order valence-corrected chi connectivity index (χ4v) is 6.74. The second kappa shape index (κ2) is 10.4. The van der Waals surface area contributed by atoms with Crippen molar-refractivity contribution in [1.29, 1.82) is 0 Å². The quantitative estimate of drug-likeness (QED) is 0.245. The molecule has 5 aromatic rings. The summed E-state index contributed by atoms with van der Waals surface area (Å²) in [6, 6.07) is 34.1. The minimum Gasteiger partial charge on any atom is -0.489 e. The smallest absolute Gasteiger partial charge is 0.271 e. The lowest BCUT2D eigenvalue weighted by Crippen LogP contribution is -2.38. The van der Waals surface area contributed by atoms with E-state index in [1.165, 1.54) is 28.0 Å². The molecule has 2 aliphatic rings. The van der Waals surface area contributed by atoms with E-state index in [1.807, 2.05) is 77.4 Å². The van der Waals surface area contributed by atoms with Crippen LogP contribution in [0.3, 0.4) is 0 Å². The molecule has 40 heavy (non-hydrogen) atoms. The van der Waals surface area contributed by atoms with Gasteiger partial charge in [-0.25, -0.2) is 4.99 Å². The van der Waals surface area contributed by atoms with Crippen molar-refractivity contribution in [1.82, 2.24) is 4.57 Å². The summed E-state index contributed by atoms with van der Waals surface area (Å²) >= 11 is 7.70. The van der Waals surface area contributed by atoms with Gasteiger partial charge in [-0.15, -0.1) is 0 Å². The highest BCUT2D eigenvalue weighted by molar-refractivity contribution is 7.07. The van der Waals surface area contributed by atoms with Crippen molar-refractivity contribution in [3.8, 4) is 5.75 Å². The molecule has 1 aliphatic heterocycles. The van der Waals surface area contributed by atoms with E-state index >= 15 is 0 Å². The van der Waals surface area contributed by atoms with Crippen LogP contribution in [0.15, 0.2) is 118 Å². The summed E-state index contributed by atoms with van der Waals surface area (Å²) < 4.78 is 8.48. The number of aryl methyl sites for hydroxylation is 1. The first-order valence-electron chi connectivity index (χ1n) is 13.3. The Morgan fingerprint density at radius 3 is 2.48 bits per heavy atom. The molecule has 1 atom stereocenters. The van der Waals surface area contributed by atoms with Crippen molar-refractivity contribution in [3.63, 3.8) is 0 Å². The Balaban J connectivity index is 1.27. The maximum Gasteiger partial charge on any atom is 0.271 e. The third-order valence-electron chi connectivity index (χ3n) is 7.52. The van der Waals surface area contributed by atoms with Crippen LogP contribution in [0.5, 0.6) is 5.75 Å². The van der Waals surface area contributed by atoms with Crippen LogP contribution >= 0.6 is 22.9 Å². The number of thiazole rings is 1. The van der Waals surface area contributed by atoms with E-state index in [1.54, 1.807) is 0 Å². The molecule has 4 aromatic carbocycles. The Labute approximate surface area is 240 Å². The second-order valence-electron chi connectivity index (χ2n) is 9.97. The van der Waals surface area contributed by atoms with Crippen LogP contribution in [-0.2, 0) is 13.0 Å². The highest BCUT2D eigenvalue weighted by Gasteiger charge is 2.32. The number of rotatable bonds is 5. The van der Waals surface area contributed by atoms with E-state index in [4.69, 9.17) is 21.3 Å². The first-order valence-corrected chi connectivity index (χ1v) is 14.5. The molecule has 1 aromatic heterocycles. The zero-order valence-electron chi connectivity index (χ0n) is 21.6. The normalized spacial score (nSPS) is 16.1. The van der Waals surface area contributed by atoms with Crippen molar-refractivity contribution < 1.29 is 4.74 Å². The van der Waals surface area contributed by atoms with Gasteiger partial charge in [0.15, 0.2) is 4.80 Å². The SMILES string of the molecule is O=c1/c(=C\c2ccc(OCc3ccccc3Cl)cc2)sc2n1[C@@H](c1ccccc1)C1=C(N=2)c2ccccc2CC1. The van der Waals surface area contributed by atoms with E-state index in [0.717, 1.165) is 45.8 Å². The maximum absolute atomic E-state index is 13.9. The van der Waals surface area contributed by atoms with Gasteiger partial charge in [0.05, 0.1) is 16.3 Å². The van der Waals surface area contributed by atoms with E-state index < -0.39 is 0 Å². The lowest BCUT2D eigenvalue weighted by atomic mass is 9.83. The molecule has 0 spiro atoms. The zero-order chi connectivity index (χ0) is 27.1. The van der Waals surface area contributed by atoms with Gasteiger partial charge in [-0.05, 0) is 59.4 Å². The average molecular weight is 561 g/mol. The predicted octanol–water partition coefficient (Wildman–Crippen LogP) is 6.55. The fraction of sp³-hybridized carbons (Fsp3) is 0.118. The Morgan fingerprint density at radius 1 is 0.900 bits per heavy atom. The lowest BCUT2D eigenvalue weighted by Gasteiger charge is -2.30. The minimum absolute atomic E-state index is 0.0120. The molecule has 7 rings (SSSR count). The molecule has 0 saturated heterocycles. The molecule has 0 N–H and O–H groups in total. The zero-order valence-corrected chi connectivity index (χ0v) is 23.2. The highest BCUT2D eigenvalue weighted by atomic mass is 35.5. The van der Waals surface area contributed by atoms with Crippen LogP contribution in [0.2, 0.25) is 5.02 Å². The summed E-state index contributed by atoms with van der Waals surface area (Å²) in [7, 11) is 0. The van der Waals surface area contributed by atoms with E-state index in [0.29, 0.717) is 16.2 Å². The van der Waals surface area contributed by atoms with Crippen molar-refractivity contribution in [2.75, 3.05) is 0 Å². The topological polar surface area (TPSA) is 43.6 Å². The van der Waals surface area contributed by atoms with Gasteiger partial charge < -0.3 is 4.74 Å². The molecule has 0 unspecified atom stereocenters. The van der Waals surface area contributed by atoms with E-state index in [2.05, 4.69) is 36.4 Å². The molecule has 4 nitrogen and oxygen atoms in total. The van der Waals surface area contributed by atoms with Crippen LogP contribution in [0, 0.1) is 0 Å². The number of nitrogens with zero attached hydrogens (tertiary/aromatic N) is 2. The Bertz CT molecular complexity index is 1940. The number of halogens is 1. The first-order chi connectivity index (χ1) is 19.7.